The molecule has 3 rings (SSSR count). The number of carbonyl (C=O) groups is 2. The van der Waals surface area contributed by atoms with E-state index in [1.807, 2.05) is 35.2 Å². The number of nitrogens with zero attached hydrogens (tertiary/aromatic N) is 2. The lowest BCUT2D eigenvalue weighted by atomic mass is 10.0. The van der Waals surface area contributed by atoms with Crippen molar-refractivity contribution in [2.75, 3.05) is 5.75 Å². The van der Waals surface area contributed by atoms with Crippen molar-refractivity contribution in [3.05, 3.63) is 41.9 Å². The fourth-order valence-corrected chi connectivity index (χ4v) is 3.74. The average Bonchev–Trinajstić information content (AvgIpc) is 2.46. The summed E-state index contributed by atoms with van der Waals surface area (Å²) in [6.07, 6.45) is 3.74. The molecule has 0 spiro atoms. The van der Waals surface area contributed by atoms with Crippen molar-refractivity contribution >= 4 is 36.0 Å². The molecule has 1 unspecified atom stereocenters. The van der Waals surface area contributed by atoms with E-state index >= 15 is 0 Å². The Hall–Kier alpha value is -1.36. The molecule has 0 aliphatic carbocycles. The Morgan fingerprint density at radius 2 is 1.92 bits per heavy atom. The number of rotatable bonds is 3. The van der Waals surface area contributed by atoms with Gasteiger partial charge in [0.2, 0.25) is 5.91 Å². The van der Waals surface area contributed by atoms with Crippen LogP contribution in [0.4, 0.5) is 0 Å². The van der Waals surface area contributed by atoms with Crippen LogP contribution in [-0.4, -0.2) is 50.0 Å². The van der Waals surface area contributed by atoms with Crippen molar-refractivity contribution in [3.8, 4) is 0 Å². The zero-order valence-electron chi connectivity index (χ0n) is 12.4. The summed E-state index contributed by atoms with van der Waals surface area (Å²) < 4.78 is 1.89. The molecule has 1 saturated heterocycles. The third-order valence-corrected chi connectivity index (χ3v) is 4.80. The Labute approximate surface area is 155 Å². The summed E-state index contributed by atoms with van der Waals surface area (Å²) in [4.78, 5) is 24.6. The van der Waals surface area contributed by atoms with Gasteiger partial charge in [-0.25, -0.2) is 9.36 Å². The number of β-lactam (4-membered cyclic amide) rings is 1. The molecule has 2 aliphatic heterocycles. The lowest BCUT2D eigenvalue weighted by molar-refractivity contribution is -0.689. The summed E-state index contributed by atoms with van der Waals surface area (Å²) in [5.74, 6) is -0.802. The number of pyridine rings is 1. The molecular formula is C13H19Cl2N3O5S. The highest BCUT2D eigenvalue weighted by Gasteiger charge is 2.52. The summed E-state index contributed by atoms with van der Waals surface area (Å²) >= 11 is 1.52. The molecule has 24 heavy (non-hydrogen) atoms. The zero-order chi connectivity index (χ0) is 14.3. The van der Waals surface area contributed by atoms with Crippen LogP contribution in [0, 0.1) is 0 Å². The summed E-state index contributed by atoms with van der Waals surface area (Å²) in [6.45, 7) is 0.460. The van der Waals surface area contributed by atoms with E-state index < -0.39 is 12.0 Å². The van der Waals surface area contributed by atoms with Gasteiger partial charge in [0.15, 0.2) is 18.9 Å². The van der Waals surface area contributed by atoms with Crippen molar-refractivity contribution in [3.63, 3.8) is 0 Å². The molecule has 7 N–H and O–H groups in total. The quantitative estimate of drug-likeness (QED) is 0.386. The number of nitrogens with two attached hydrogens (primary N) is 1. The number of halogens is 2. The second-order valence-corrected chi connectivity index (χ2v) is 5.85. The number of carboxylic acids is 1. The van der Waals surface area contributed by atoms with Crippen molar-refractivity contribution in [1.82, 2.24) is 4.90 Å². The molecule has 1 amide bonds. The molecule has 8 nitrogen and oxygen atoms in total. The van der Waals surface area contributed by atoms with Gasteiger partial charge in [-0.3, -0.25) is 9.69 Å². The lowest BCUT2D eigenvalue weighted by Gasteiger charge is -2.47. The maximum absolute atomic E-state index is 11.8. The van der Waals surface area contributed by atoms with Crippen LogP contribution in [0.15, 0.2) is 41.9 Å². The van der Waals surface area contributed by atoms with E-state index in [4.69, 9.17) is 5.73 Å². The van der Waals surface area contributed by atoms with Gasteiger partial charge < -0.3 is 34.2 Å². The van der Waals surface area contributed by atoms with E-state index in [9.17, 15) is 14.7 Å². The van der Waals surface area contributed by atoms with Crippen molar-refractivity contribution < 1.29 is 42.6 Å². The zero-order valence-corrected chi connectivity index (χ0v) is 14.8. The second kappa shape index (κ2) is 9.82. The number of hydrogen-bond acceptors (Lipinski definition) is 4. The third-order valence-electron chi connectivity index (χ3n) is 3.44. The number of aromatic nitrogens is 1. The Morgan fingerprint density at radius 3 is 2.46 bits per heavy atom. The molecule has 11 heteroatoms. The van der Waals surface area contributed by atoms with Gasteiger partial charge in [-0.05, 0) is 0 Å². The number of aliphatic carboxylic acids is 1. The molecule has 1 fully saturated rings. The molecule has 0 radical (unpaired) electrons. The van der Waals surface area contributed by atoms with Gasteiger partial charge in [-0.1, -0.05) is 6.07 Å². The fraction of sp³-hybridized carbons (Fsp3) is 0.308. The molecular weight excluding hydrogens is 381 g/mol. The molecule has 1 aromatic rings. The second-order valence-electron chi connectivity index (χ2n) is 4.74. The summed E-state index contributed by atoms with van der Waals surface area (Å²) in [7, 11) is 0. The summed E-state index contributed by atoms with van der Waals surface area (Å²) in [5.41, 5.74) is 6.53. The van der Waals surface area contributed by atoms with E-state index in [-0.39, 0.29) is 52.7 Å². The number of fused-ring (bicyclic) bond motifs is 1. The first-order valence-corrected chi connectivity index (χ1v) is 7.24. The van der Waals surface area contributed by atoms with E-state index in [1.165, 1.54) is 16.7 Å². The number of carbonyl (C=O) groups excluding carboxylic acids is 1. The van der Waals surface area contributed by atoms with E-state index in [2.05, 4.69) is 0 Å². The maximum Gasteiger partial charge on any atom is 0.352 e. The highest BCUT2D eigenvalue weighted by atomic mass is 35.5. The van der Waals surface area contributed by atoms with Crippen LogP contribution in [0.2, 0.25) is 0 Å². The van der Waals surface area contributed by atoms with Gasteiger partial charge in [0.05, 0.1) is 0 Å². The lowest BCUT2D eigenvalue weighted by Crippen LogP contribution is -3.00. The van der Waals surface area contributed by atoms with Gasteiger partial charge in [0, 0.05) is 23.5 Å². The SMILES string of the molecule is Cl.NC1C(=O)N2C(C(=O)O)=C(C[n+]3ccccc3)CS[C@@H]12.O.O.[Cl-]. The molecule has 0 aromatic carbocycles. The minimum atomic E-state index is -1.07. The van der Waals surface area contributed by atoms with Crippen LogP contribution in [0.1, 0.15) is 0 Å². The van der Waals surface area contributed by atoms with Crippen molar-refractivity contribution in [2.45, 2.75) is 18.0 Å². The molecule has 1 aromatic heterocycles. The minimum absolute atomic E-state index is 0. The number of hydrogen-bond donors (Lipinski definition) is 2. The van der Waals surface area contributed by atoms with Gasteiger partial charge in [0.25, 0.3) is 0 Å². The first-order chi connectivity index (χ1) is 9.59. The summed E-state index contributed by atoms with van der Waals surface area (Å²) in [6, 6.07) is 5.07. The molecule has 2 atom stereocenters. The molecule has 0 bridgehead atoms. The van der Waals surface area contributed by atoms with Crippen molar-refractivity contribution in [1.29, 1.82) is 0 Å². The average molecular weight is 400 g/mol. The minimum Gasteiger partial charge on any atom is -1.00 e. The maximum atomic E-state index is 11.8. The normalized spacial score (nSPS) is 21.0. The smallest absolute Gasteiger partial charge is 0.352 e. The number of thioether (sulfide) groups is 1. The number of carboxylic acid groups (broad SMARTS) is 1. The number of amides is 1. The standard InChI is InChI=1S/C13H13N3O3S.2ClH.2H2O/c14-9-11(17)16-10(13(18)19)8(7-20-12(9)16)6-15-4-2-1-3-5-15;;;;/h1-5,9,12H,6-7,14H2;2*1H;2*1H2/t9?,12-;;;;/m0..../s1. The van der Waals surface area contributed by atoms with Crippen molar-refractivity contribution in [2.24, 2.45) is 5.73 Å². The van der Waals surface area contributed by atoms with E-state index in [0.29, 0.717) is 12.3 Å². The first kappa shape index (κ1) is 24.9. The Morgan fingerprint density at radius 1 is 1.33 bits per heavy atom. The first-order valence-electron chi connectivity index (χ1n) is 6.19. The van der Waals surface area contributed by atoms with Crippen LogP contribution in [-0.2, 0) is 16.1 Å². The highest BCUT2D eigenvalue weighted by Crippen LogP contribution is 2.39. The summed E-state index contributed by atoms with van der Waals surface area (Å²) in [5, 5.41) is 9.16. The van der Waals surface area contributed by atoms with Crippen LogP contribution in [0.25, 0.3) is 0 Å². The van der Waals surface area contributed by atoms with Crippen LogP contribution in [0.3, 0.4) is 0 Å². The Balaban J connectivity index is 0. The Kier molecular flexibility index (Phi) is 10.2. The van der Waals surface area contributed by atoms with Gasteiger partial charge >= 0.3 is 5.97 Å². The largest absolute Gasteiger partial charge is 1.00 e. The monoisotopic (exact) mass is 399 g/mol. The fourth-order valence-electron chi connectivity index (χ4n) is 2.46. The predicted octanol–water partition coefficient (Wildman–Crippen LogP) is -4.67. The van der Waals surface area contributed by atoms with Crippen LogP contribution >= 0.6 is 24.2 Å². The Bertz CT molecular complexity index is 617. The van der Waals surface area contributed by atoms with Crippen LogP contribution in [0.5, 0.6) is 0 Å². The van der Waals surface area contributed by atoms with Crippen LogP contribution < -0.4 is 22.7 Å². The topological polar surface area (TPSA) is 151 Å². The van der Waals surface area contributed by atoms with E-state index in [0.717, 1.165) is 5.57 Å². The van der Waals surface area contributed by atoms with Gasteiger partial charge in [-0.2, -0.15) is 0 Å². The molecule has 3 heterocycles. The molecule has 0 saturated carbocycles. The third kappa shape index (κ3) is 4.18. The van der Waals surface area contributed by atoms with Gasteiger partial charge in [-0.15, -0.1) is 24.2 Å². The van der Waals surface area contributed by atoms with Gasteiger partial charge in [0.1, 0.15) is 17.1 Å². The van der Waals surface area contributed by atoms with E-state index in [1.54, 1.807) is 0 Å². The highest BCUT2D eigenvalue weighted by molar-refractivity contribution is 8.00. The molecule has 136 valence electrons. The molecule has 2 aliphatic rings. The predicted molar refractivity (Wildman–Crippen MR) is 86.8 cm³/mol.